The number of anilines is 1. The van der Waals surface area contributed by atoms with E-state index in [4.69, 9.17) is 26.1 Å². The summed E-state index contributed by atoms with van der Waals surface area (Å²) in [6.45, 7) is 8.48. The van der Waals surface area contributed by atoms with Crippen molar-refractivity contribution in [3.05, 3.63) is 22.2 Å². The van der Waals surface area contributed by atoms with E-state index in [9.17, 15) is 14.7 Å². The molecule has 0 saturated carbocycles. The zero-order valence-electron chi connectivity index (χ0n) is 21.7. The number of nitrogens with zero attached hydrogens (tertiary/aromatic N) is 4. The zero-order valence-corrected chi connectivity index (χ0v) is 22.4. The Kier molecular flexibility index (Phi) is 5.95. The third-order valence-corrected chi connectivity index (χ3v) is 7.83. The first-order valence-corrected chi connectivity index (χ1v) is 12.7. The van der Waals surface area contributed by atoms with Crippen LogP contribution < -0.4 is 15.0 Å². The normalized spacial score (nSPS) is 26.5. The molecule has 1 unspecified atom stereocenters. The fourth-order valence-electron chi connectivity index (χ4n) is 6.16. The number of rotatable bonds is 2. The van der Waals surface area contributed by atoms with Crippen LogP contribution in [0.3, 0.4) is 0 Å². The maximum atomic E-state index is 15.4. The second kappa shape index (κ2) is 8.56. The number of aromatic nitrogens is 2. The summed E-state index contributed by atoms with van der Waals surface area (Å²) in [7, 11) is 1.53. The first kappa shape index (κ1) is 25.7. The van der Waals surface area contributed by atoms with E-state index in [0.29, 0.717) is 24.4 Å². The highest BCUT2D eigenvalue weighted by Crippen LogP contribution is 2.50. The smallest absolute Gasteiger partial charge is 0.411 e. The minimum atomic E-state index is -1.24. The van der Waals surface area contributed by atoms with Gasteiger partial charge in [-0.25, -0.2) is 14.2 Å². The van der Waals surface area contributed by atoms with E-state index in [0.717, 1.165) is 0 Å². The van der Waals surface area contributed by atoms with Crippen molar-refractivity contribution in [1.82, 2.24) is 20.2 Å². The molecule has 10 nitrogen and oxygen atoms in total. The highest BCUT2D eigenvalue weighted by molar-refractivity contribution is 6.30. The van der Waals surface area contributed by atoms with Crippen molar-refractivity contribution in [1.29, 1.82) is 0 Å². The van der Waals surface area contributed by atoms with Gasteiger partial charge in [-0.1, -0.05) is 11.6 Å². The molecule has 37 heavy (non-hydrogen) atoms. The van der Waals surface area contributed by atoms with Crippen molar-refractivity contribution >= 4 is 40.2 Å². The van der Waals surface area contributed by atoms with Gasteiger partial charge < -0.3 is 24.8 Å². The summed E-state index contributed by atoms with van der Waals surface area (Å²) in [5.74, 6) is -0.629. The summed E-state index contributed by atoms with van der Waals surface area (Å²) in [4.78, 5) is 39.4. The predicted molar refractivity (Wildman–Crippen MR) is 134 cm³/mol. The number of hydrogen-bond acceptors (Lipinski definition) is 8. The van der Waals surface area contributed by atoms with Crippen LogP contribution in [0, 0.1) is 12.7 Å². The van der Waals surface area contributed by atoms with E-state index in [1.807, 2.05) is 11.8 Å². The van der Waals surface area contributed by atoms with Crippen molar-refractivity contribution in [3.63, 3.8) is 0 Å². The number of carbonyl (C=O) groups is 2. The molecule has 2 aromatic heterocycles. The Hall–Kier alpha value is -2.92. The van der Waals surface area contributed by atoms with Crippen molar-refractivity contribution < 1.29 is 28.6 Å². The SMILES string of the molecule is CNC(=O)[C@@]12CC[C@@H]([C@H]3C(C)Oc4nc(Cl)c(F)c5c(CO)c(C)nc(c45)N3C1)N2C(=O)OC(C)(C)C. The topological polar surface area (TPSA) is 117 Å². The highest BCUT2D eigenvalue weighted by Gasteiger charge is 2.64. The van der Waals surface area contributed by atoms with E-state index < -0.39 is 47.8 Å². The average Bonchev–Trinajstić information content (AvgIpc) is 3.04. The molecule has 2 N–H and O–H groups in total. The van der Waals surface area contributed by atoms with Gasteiger partial charge in [0.15, 0.2) is 11.0 Å². The van der Waals surface area contributed by atoms with E-state index in [1.165, 1.54) is 7.05 Å². The average molecular weight is 536 g/mol. The van der Waals surface area contributed by atoms with Crippen LogP contribution in [0.1, 0.15) is 51.8 Å². The molecule has 2 aromatic rings. The minimum absolute atomic E-state index is 0.0868. The van der Waals surface area contributed by atoms with Gasteiger partial charge in [0.2, 0.25) is 11.8 Å². The van der Waals surface area contributed by atoms with Crippen LogP contribution in [0.4, 0.5) is 15.0 Å². The lowest BCUT2D eigenvalue weighted by atomic mass is 9.90. The molecular formula is C25H31ClFN5O5. The first-order valence-electron chi connectivity index (χ1n) is 12.3. The molecule has 12 heteroatoms. The molecule has 0 aromatic carbocycles. The van der Waals surface area contributed by atoms with Crippen molar-refractivity contribution in [2.24, 2.45) is 0 Å². The van der Waals surface area contributed by atoms with Crippen LogP contribution in [-0.2, 0) is 16.1 Å². The summed E-state index contributed by atoms with van der Waals surface area (Å²) in [6.07, 6.45) is -0.186. The molecule has 0 spiro atoms. The lowest BCUT2D eigenvalue weighted by Crippen LogP contribution is -2.73. The molecule has 2 fully saturated rings. The molecule has 0 aliphatic carbocycles. The number of likely N-dealkylation sites (N-methyl/N-ethyl adjacent to an activating group) is 1. The van der Waals surface area contributed by atoms with Crippen molar-refractivity contribution in [2.75, 3.05) is 18.5 Å². The minimum Gasteiger partial charge on any atom is -0.472 e. The summed E-state index contributed by atoms with van der Waals surface area (Å²) < 4.78 is 27.4. The molecule has 2 saturated heterocycles. The second-order valence-electron chi connectivity index (χ2n) is 10.9. The molecule has 3 aliphatic heterocycles. The maximum Gasteiger partial charge on any atom is 0.411 e. The number of pyridine rings is 2. The number of aryl methyl sites for hydroxylation is 1. The molecule has 5 rings (SSSR count). The number of ether oxygens (including phenoxy) is 2. The van der Waals surface area contributed by atoms with Crippen LogP contribution in [0.15, 0.2) is 0 Å². The van der Waals surface area contributed by atoms with Gasteiger partial charge in [0.1, 0.15) is 23.1 Å². The Balaban J connectivity index is 1.75. The van der Waals surface area contributed by atoms with E-state index >= 15 is 4.39 Å². The summed E-state index contributed by atoms with van der Waals surface area (Å²) in [6, 6.07) is -0.904. The Bertz CT molecular complexity index is 1320. The first-order chi connectivity index (χ1) is 17.3. The third kappa shape index (κ3) is 3.69. The van der Waals surface area contributed by atoms with Crippen LogP contribution in [0.2, 0.25) is 5.15 Å². The van der Waals surface area contributed by atoms with Crippen LogP contribution >= 0.6 is 11.6 Å². The molecular weight excluding hydrogens is 505 g/mol. The van der Waals surface area contributed by atoms with Crippen LogP contribution in [0.25, 0.3) is 10.8 Å². The van der Waals surface area contributed by atoms with Gasteiger partial charge in [-0.05, 0) is 47.5 Å². The number of nitrogens with one attached hydrogen (secondary N) is 1. The van der Waals surface area contributed by atoms with Gasteiger partial charge in [-0.15, -0.1) is 0 Å². The quantitative estimate of drug-likeness (QED) is 0.563. The van der Waals surface area contributed by atoms with Gasteiger partial charge >= 0.3 is 6.09 Å². The molecule has 4 atom stereocenters. The molecule has 200 valence electrons. The molecule has 5 heterocycles. The zero-order chi connectivity index (χ0) is 27.0. The van der Waals surface area contributed by atoms with E-state index in [-0.39, 0.29) is 39.8 Å². The Morgan fingerprint density at radius 2 is 2.03 bits per heavy atom. The number of halogens is 2. The van der Waals surface area contributed by atoms with Crippen molar-refractivity contribution in [3.8, 4) is 5.88 Å². The molecule has 2 amide bonds. The lowest BCUT2D eigenvalue weighted by Gasteiger charge is -2.52. The third-order valence-electron chi connectivity index (χ3n) is 7.58. The molecule has 0 radical (unpaired) electrons. The van der Waals surface area contributed by atoms with Gasteiger partial charge in [0, 0.05) is 23.7 Å². The van der Waals surface area contributed by atoms with Crippen LogP contribution in [0.5, 0.6) is 5.88 Å². The molecule has 2 bridgehead atoms. The number of aliphatic hydroxyl groups is 1. The van der Waals surface area contributed by atoms with E-state index in [2.05, 4.69) is 10.3 Å². The lowest BCUT2D eigenvalue weighted by molar-refractivity contribution is -0.133. The number of amides is 2. The highest BCUT2D eigenvalue weighted by atomic mass is 35.5. The Morgan fingerprint density at radius 3 is 2.65 bits per heavy atom. The van der Waals surface area contributed by atoms with Gasteiger partial charge in [-0.2, -0.15) is 4.98 Å². The standard InChI is InChI=1S/C25H31ClFN5O5/c1-11-13(9-33)15-16-20(29-11)31-10-25(22(34)28-6)8-7-14(32(25)23(35)37-24(3,4)5)18(31)12(2)36-21(16)30-19(26)17(15)27/h12,14,18,33H,7-10H2,1-6H3,(H,28,34)/t12?,14-,18+,25+/m0/s1. The second-order valence-corrected chi connectivity index (χ2v) is 11.3. The summed E-state index contributed by atoms with van der Waals surface area (Å²) >= 11 is 6.15. The number of hydrogen-bond donors (Lipinski definition) is 2. The Morgan fingerprint density at radius 1 is 1.32 bits per heavy atom. The fraction of sp³-hybridized carbons (Fsp3) is 0.600. The Labute approximate surface area is 219 Å². The number of piperazine rings is 1. The largest absolute Gasteiger partial charge is 0.472 e. The van der Waals surface area contributed by atoms with E-state index in [1.54, 1.807) is 32.6 Å². The number of fused-ring (bicyclic) bond motifs is 5. The van der Waals surface area contributed by atoms with Gasteiger partial charge in [-0.3, -0.25) is 9.69 Å². The van der Waals surface area contributed by atoms with Crippen molar-refractivity contribution in [2.45, 2.75) is 83.4 Å². The monoisotopic (exact) mass is 535 g/mol. The maximum absolute atomic E-state index is 15.4. The van der Waals surface area contributed by atoms with Gasteiger partial charge in [0.25, 0.3) is 0 Å². The fourth-order valence-corrected chi connectivity index (χ4v) is 6.33. The van der Waals surface area contributed by atoms with Crippen LogP contribution in [-0.4, -0.2) is 74.9 Å². The predicted octanol–water partition coefficient (Wildman–Crippen LogP) is 3.08. The van der Waals surface area contributed by atoms with Gasteiger partial charge in [0.05, 0.1) is 30.6 Å². The number of carbonyl (C=O) groups excluding carboxylic acids is 2. The summed E-state index contributed by atoms with van der Waals surface area (Å²) in [5, 5.41) is 12.8. The summed E-state index contributed by atoms with van der Waals surface area (Å²) in [5.41, 5.74) is -1.30. The number of aliphatic hydroxyl groups excluding tert-OH is 1. The molecule has 3 aliphatic rings.